The molecule has 1 saturated heterocycles. The van der Waals surface area contributed by atoms with Gasteiger partial charge in [0.1, 0.15) is 0 Å². The average Bonchev–Trinajstić information content (AvgIpc) is 3.45. The van der Waals surface area contributed by atoms with Crippen LogP contribution in [-0.2, 0) is 23.8 Å². The van der Waals surface area contributed by atoms with Gasteiger partial charge in [0.05, 0.1) is 23.6 Å². The minimum Gasteiger partial charge on any atom is -0.366 e. The second-order valence-corrected chi connectivity index (χ2v) is 10.4. The Morgan fingerprint density at radius 2 is 1.67 bits per heavy atom. The van der Waals surface area contributed by atoms with E-state index in [2.05, 4.69) is 27.2 Å². The van der Waals surface area contributed by atoms with Crippen molar-refractivity contribution >= 4 is 21.4 Å². The highest BCUT2D eigenvalue weighted by Gasteiger charge is 2.31. The number of benzene rings is 1. The SMILES string of the molecule is CN(Cc1ccccc1)S(=O)(=O)N1CCN(c2cnn3cc(-c4cnn(C)c4)ccc23)CC1. The molecule has 0 radical (unpaired) electrons. The lowest BCUT2D eigenvalue weighted by Gasteiger charge is -2.36. The van der Waals surface area contributed by atoms with Gasteiger partial charge in [0.25, 0.3) is 10.2 Å². The zero-order valence-electron chi connectivity index (χ0n) is 18.7. The molecule has 0 saturated carbocycles. The first kappa shape index (κ1) is 21.6. The minimum absolute atomic E-state index is 0.358. The maximum atomic E-state index is 13.1. The second kappa shape index (κ2) is 8.62. The molecule has 0 atom stereocenters. The molecule has 0 spiro atoms. The highest BCUT2D eigenvalue weighted by atomic mass is 32.2. The molecule has 0 amide bonds. The van der Waals surface area contributed by atoms with E-state index in [0.717, 1.165) is 27.9 Å². The molecule has 1 aliphatic heterocycles. The molecule has 0 N–H and O–H groups in total. The van der Waals surface area contributed by atoms with Crippen LogP contribution in [0.1, 0.15) is 5.56 Å². The van der Waals surface area contributed by atoms with Crippen LogP contribution in [-0.4, -0.2) is 69.6 Å². The third-order valence-electron chi connectivity index (χ3n) is 6.08. The van der Waals surface area contributed by atoms with Crippen molar-refractivity contribution in [2.45, 2.75) is 6.54 Å². The van der Waals surface area contributed by atoms with E-state index < -0.39 is 10.2 Å². The van der Waals surface area contributed by atoms with Crippen molar-refractivity contribution in [2.24, 2.45) is 7.05 Å². The number of nitrogens with zero attached hydrogens (tertiary/aromatic N) is 7. The molecule has 1 fully saturated rings. The molecule has 0 unspecified atom stereocenters. The molecule has 3 aromatic heterocycles. The van der Waals surface area contributed by atoms with Crippen LogP contribution in [0.2, 0.25) is 0 Å². The molecular formula is C23H27N7O2S. The number of hydrogen-bond acceptors (Lipinski definition) is 5. The molecule has 5 rings (SSSR count). The molecule has 4 aromatic rings. The summed E-state index contributed by atoms with van der Waals surface area (Å²) < 4.78 is 32.8. The molecule has 4 heterocycles. The first-order valence-corrected chi connectivity index (χ1v) is 12.3. The van der Waals surface area contributed by atoms with Gasteiger partial charge in [-0.15, -0.1) is 0 Å². The van der Waals surface area contributed by atoms with E-state index in [0.29, 0.717) is 32.7 Å². The molecule has 9 nitrogen and oxygen atoms in total. The zero-order valence-corrected chi connectivity index (χ0v) is 19.6. The van der Waals surface area contributed by atoms with Crippen molar-refractivity contribution in [1.29, 1.82) is 0 Å². The lowest BCUT2D eigenvalue weighted by atomic mass is 10.1. The van der Waals surface area contributed by atoms with Crippen LogP contribution in [0.15, 0.2) is 67.3 Å². The number of fused-ring (bicyclic) bond motifs is 1. The monoisotopic (exact) mass is 465 g/mol. The summed E-state index contributed by atoms with van der Waals surface area (Å²) in [5, 5.41) is 8.77. The number of rotatable bonds is 6. The fourth-order valence-corrected chi connectivity index (χ4v) is 5.57. The first-order chi connectivity index (χ1) is 15.9. The van der Waals surface area contributed by atoms with E-state index >= 15 is 0 Å². The third-order valence-corrected chi connectivity index (χ3v) is 8.02. The normalized spacial score (nSPS) is 15.5. The Morgan fingerprint density at radius 1 is 0.909 bits per heavy atom. The summed E-state index contributed by atoms with van der Waals surface area (Å²) in [5.41, 5.74) is 5.07. The van der Waals surface area contributed by atoms with Crippen LogP contribution >= 0.6 is 0 Å². The highest BCUT2D eigenvalue weighted by molar-refractivity contribution is 7.86. The summed E-state index contributed by atoms with van der Waals surface area (Å²) >= 11 is 0. The third kappa shape index (κ3) is 4.24. The number of piperazine rings is 1. The number of aromatic nitrogens is 4. The summed E-state index contributed by atoms with van der Waals surface area (Å²) in [6.45, 7) is 2.46. The molecule has 1 aromatic carbocycles. The number of pyridine rings is 1. The van der Waals surface area contributed by atoms with Crippen LogP contribution in [0.3, 0.4) is 0 Å². The Morgan fingerprint density at radius 3 is 2.36 bits per heavy atom. The van der Waals surface area contributed by atoms with E-state index in [1.54, 1.807) is 16.0 Å². The fourth-order valence-electron chi connectivity index (χ4n) is 4.23. The van der Waals surface area contributed by atoms with Crippen molar-refractivity contribution in [3.8, 4) is 11.1 Å². The Kier molecular flexibility index (Phi) is 5.65. The molecule has 172 valence electrons. The summed E-state index contributed by atoms with van der Waals surface area (Å²) in [7, 11) is 0.0169. The lowest BCUT2D eigenvalue weighted by molar-refractivity contribution is 0.341. The van der Waals surface area contributed by atoms with Crippen molar-refractivity contribution in [3.05, 3.63) is 72.8 Å². The Balaban J connectivity index is 1.28. The summed E-state index contributed by atoms with van der Waals surface area (Å²) in [6, 6.07) is 13.8. The minimum atomic E-state index is -3.52. The van der Waals surface area contributed by atoms with E-state index in [-0.39, 0.29) is 0 Å². The van der Waals surface area contributed by atoms with Crippen LogP contribution < -0.4 is 4.90 Å². The van der Waals surface area contributed by atoms with Crippen molar-refractivity contribution in [1.82, 2.24) is 28.0 Å². The summed E-state index contributed by atoms with van der Waals surface area (Å²) in [4.78, 5) is 2.20. The predicted molar refractivity (Wildman–Crippen MR) is 128 cm³/mol. The molecule has 10 heteroatoms. The highest BCUT2D eigenvalue weighted by Crippen LogP contribution is 2.27. The van der Waals surface area contributed by atoms with Gasteiger partial charge in [-0.1, -0.05) is 36.4 Å². The largest absolute Gasteiger partial charge is 0.366 e. The van der Waals surface area contributed by atoms with Gasteiger partial charge >= 0.3 is 0 Å². The predicted octanol–water partition coefficient (Wildman–Crippen LogP) is 2.23. The van der Waals surface area contributed by atoms with Crippen LogP contribution in [0.4, 0.5) is 5.69 Å². The Labute approximate surface area is 193 Å². The van der Waals surface area contributed by atoms with Crippen molar-refractivity contribution < 1.29 is 8.42 Å². The molecule has 0 aliphatic carbocycles. The van der Waals surface area contributed by atoms with E-state index in [1.807, 2.05) is 66.7 Å². The number of anilines is 1. The standard InChI is InChI=1S/C23H27N7O2S/c1-26-17-21(14-24-26)20-8-9-22-23(15-25-30(22)18-20)28-10-12-29(13-11-28)33(31,32)27(2)16-19-6-4-3-5-7-19/h3-9,14-15,17-18H,10-13,16H2,1-2H3. The van der Waals surface area contributed by atoms with Crippen LogP contribution in [0.25, 0.3) is 16.6 Å². The molecular weight excluding hydrogens is 438 g/mol. The number of aryl methyl sites for hydroxylation is 1. The number of hydrogen-bond donors (Lipinski definition) is 0. The first-order valence-electron chi connectivity index (χ1n) is 10.9. The smallest absolute Gasteiger partial charge is 0.282 e. The van der Waals surface area contributed by atoms with Gasteiger partial charge in [0, 0.05) is 70.3 Å². The van der Waals surface area contributed by atoms with Gasteiger partial charge in [0.15, 0.2) is 0 Å². The second-order valence-electron chi connectivity index (χ2n) is 8.32. The lowest BCUT2D eigenvalue weighted by Crippen LogP contribution is -2.52. The molecule has 0 bridgehead atoms. The Hall–Kier alpha value is -3.21. The van der Waals surface area contributed by atoms with Gasteiger partial charge in [-0.3, -0.25) is 4.68 Å². The van der Waals surface area contributed by atoms with Gasteiger partial charge in [-0.25, -0.2) is 4.52 Å². The van der Waals surface area contributed by atoms with Gasteiger partial charge in [-0.2, -0.15) is 27.2 Å². The van der Waals surface area contributed by atoms with Crippen LogP contribution in [0.5, 0.6) is 0 Å². The molecule has 1 aliphatic rings. The Bertz CT molecular complexity index is 1360. The topological polar surface area (TPSA) is 79.0 Å². The summed E-state index contributed by atoms with van der Waals surface area (Å²) in [6.07, 6.45) is 7.66. The molecule has 33 heavy (non-hydrogen) atoms. The van der Waals surface area contributed by atoms with Crippen LogP contribution in [0, 0.1) is 0 Å². The van der Waals surface area contributed by atoms with Gasteiger partial charge in [-0.05, 0) is 11.6 Å². The van der Waals surface area contributed by atoms with Gasteiger partial charge in [0.2, 0.25) is 0 Å². The zero-order chi connectivity index (χ0) is 23.0. The quantitative estimate of drug-likeness (QED) is 0.436. The maximum Gasteiger partial charge on any atom is 0.282 e. The van der Waals surface area contributed by atoms with E-state index in [4.69, 9.17) is 0 Å². The van der Waals surface area contributed by atoms with E-state index in [9.17, 15) is 8.42 Å². The average molecular weight is 466 g/mol. The van der Waals surface area contributed by atoms with Crippen molar-refractivity contribution in [2.75, 3.05) is 38.1 Å². The summed E-state index contributed by atoms with van der Waals surface area (Å²) in [5.74, 6) is 0. The van der Waals surface area contributed by atoms with Gasteiger partial charge < -0.3 is 4.90 Å². The van der Waals surface area contributed by atoms with Crippen molar-refractivity contribution in [3.63, 3.8) is 0 Å². The van der Waals surface area contributed by atoms with E-state index in [1.165, 1.54) is 4.31 Å². The maximum absolute atomic E-state index is 13.1. The fraction of sp³-hybridized carbons (Fsp3) is 0.304.